The maximum Gasteiger partial charge on any atom is 0.418 e. The number of amides is 2. The number of ether oxygens (including phenoxy) is 1. The van der Waals surface area contributed by atoms with Crippen LogP contribution in [0.4, 0.5) is 23.8 Å². The molecule has 0 radical (unpaired) electrons. The number of fused-ring (bicyclic) bond motifs is 1. The monoisotopic (exact) mass is 530 g/mol. The zero-order valence-corrected chi connectivity index (χ0v) is 20.3. The first-order valence-electron chi connectivity index (χ1n) is 10.5. The van der Waals surface area contributed by atoms with Crippen LogP contribution in [0.3, 0.4) is 0 Å². The predicted molar refractivity (Wildman–Crippen MR) is 123 cm³/mol. The Hall–Kier alpha value is -3.13. The molecule has 1 saturated heterocycles. The van der Waals surface area contributed by atoms with Crippen molar-refractivity contribution < 1.29 is 35.9 Å². The van der Waals surface area contributed by atoms with Crippen molar-refractivity contribution in [3.63, 3.8) is 0 Å². The summed E-state index contributed by atoms with van der Waals surface area (Å²) < 4.78 is 69.8. The van der Waals surface area contributed by atoms with E-state index in [1.165, 1.54) is 19.4 Å². The summed E-state index contributed by atoms with van der Waals surface area (Å²) in [6, 6.07) is 0.978. The van der Waals surface area contributed by atoms with Crippen LogP contribution < -0.4 is 10.2 Å². The normalized spacial score (nSPS) is 18.5. The van der Waals surface area contributed by atoms with Crippen molar-refractivity contribution in [2.75, 3.05) is 25.0 Å². The lowest BCUT2D eigenvalue weighted by molar-refractivity contribution is -0.136. The third-order valence-corrected chi connectivity index (χ3v) is 7.80. The first-order valence-corrected chi connectivity index (χ1v) is 13.0. The van der Waals surface area contributed by atoms with E-state index in [2.05, 4.69) is 10.3 Å². The second kappa shape index (κ2) is 9.15. The highest BCUT2D eigenvalue weighted by atomic mass is 32.2. The third-order valence-electron chi connectivity index (χ3n) is 5.63. The van der Waals surface area contributed by atoms with Crippen molar-refractivity contribution in [2.45, 2.75) is 32.0 Å². The van der Waals surface area contributed by atoms with Gasteiger partial charge in [-0.1, -0.05) is 0 Å². The van der Waals surface area contributed by atoms with Gasteiger partial charge in [-0.05, 0) is 13.0 Å². The summed E-state index contributed by atoms with van der Waals surface area (Å²) in [5.74, 6) is -0.440. The maximum absolute atomic E-state index is 13.8. The average molecular weight is 531 g/mol. The Morgan fingerprint density at radius 1 is 1.26 bits per heavy atom. The minimum atomic E-state index is -4.63. The lowest BCUT2D eigenvalue weighted by atomic mass is 10.1. The van der Waals surface area contributed by atoms with Gasteiger partial charge >= 0.3 is 12.3 Å². The molecule has 4 heterocycles. The molecule has 0 aromatic carbocycles. The predicted octanol–water partition coefficient (Wildman–Crippen LogP) is 3.84. The molecule has 2 aliphatic heterocycles. The number of rotatable bonds is 3. The van der Waals surface area contributed by atoms with E-state index in [1.807, 2.05) is 0 Å². The van der Waals surface area contributed by atoms with E-state index < -0.39 is 39.7 Å². The number of thiophene rings is 1. The molecule has 14 heteroatoms. The van der Waals surface area contributed by atoms with Gasteiger partial charge in [0.2, 0.25) is 0 Å². The topological polar surface area (TPSA) is 109 Å². The van der Waals surface area contributed by atoms with E-state index >= 15 is 0 Å². The van der Waals surface area contributed by atoms with Crippen LogP contribution in [-0.4, -0.2) is 56.5 Å². The second-order valence-electron chi connectivity index (χ2n) is 8.01. The number of piperidine rings is 1. The van der Waals surface area contributed by atoms with Crippen molar-refractivity contribution >= 4 is 49.2 Å². The highest BCUT2D eigenvalue weighted by Crippen LogP contribution is 2.40. The molecule has 0 atom stereocenters. The van der Waals surface area contributed by atoms with Gasteiger partial charge in [-0.15, -0.1) is 11.3 Å². The van der Waals surface area contributed by atoms with E-state index in [-0.39, 0.29) is 40.4 Å². The molecule has 2 amide bonds. The molecule has 9 nitrogen and oxygen atoms in total. The lowest BCUT2D eigenvalue weighted by Gasteiger charge is -2.33. The number of carbonyl (C=O) groups is 2. The van der Waals surface area contributed by atoms with Crippen LogP contribution in [0.1, 0.15) is 35.7 Å². The summed E-state index contributed by atoms with van der Waals surface area (Å²) in [5, 5.41) is 5.62. The Labute approximate surface area is 202 Å². The molecule has 1 fully saturated rings. The Morgan fingerprint density at radius 3 is 2.54 bits per heavy atom. The van der Waals surface area contributed by atoms with Gasteiger partial charge in [0.15, 0.2) is 9.84 Å². The summed E-state index contributed by atoms with van der Waals surface area (Å²) >= 11 is 0.816. The maximum atomic E-state index is 13.8. The van der Waals surface area contributed by atoms with E-state index in [4.69, 9.17) is 4.74 Å². The van der Waals surface area contributed by atoms with E-state index in [1.54, 1.807) is 4.90 Å². The van der Waals surface area contributed by atoms with Crippen molar-refractivity contribution in [3.05, 3.63) is 45.3 Å². The first-order chi connectivity index (χ1) is 16.4. The largest absolute Gasteiger partial charge is 0.445 e. The molecule has 0 saturated carbocycles. The number of hydrogen-bond donors (Lipinski definition) is 1. The van der Waals surface area contributed by atoms with Crippen molar-refractivity contribution in [2.24, 2.45) is 0 Å². The van der Waals surface area contributed by atoms with Gasteiger partial charge in [-0.2, -0.15) is 13.2 Å². The van der Waals surface area contributed by atoms with Crippen LogP contribution in [0.25, 0.3) is 10.2 Å². The number of pyridine rings is 1. The number of nitrogens with one attached hydrogen (secondary N) is 1. The number of aromatic nitrogens is 1. The van der Waals surface area contributed by atoms with Gasteiger partial charge < -0.3 is 15.0 Å². The van der Waals surface area contributed by atoms with Gasteiger partial charge in [0, 0.05) is 50.3 Å². The number of sulfone groups is 1. The van der Waals surface area contributed by atoms with Gasteiger partial charge in [0.05, 0.1) is 32.2 Å². The standard InChI is InChI=1S/C21H21F3N4O5S2/c1-12-11-35(31,32)8-7-28(12)20(30)33-13-3-5-27(6-4-13)16-9-15(21(22,23)24)18-17(26-16)14(10-34-18)19(29)25-2/h7-11,13H,3-6H2,1-2H3,(H,25,29). The molecule has 2 aromatic heterocycles. The summed E-state index contributed by atoms with van der Waals surface area (Å²) in [4.78, 5) is 31.7. The number of alkyl halides is 3. The van der Waals surface area contributed by atoms with Gasteiger partial charge in [0.25, 0.3) is 5.91 Å². The molecule has 0 spiro atoms. The lowest BCUT2D eigenvalue weighted by Crippen LogP contribution is -2.40. The van der Waals surface area contributed by atoms with Crippen LogP contribution in [0.5, 0.6) is 0 Å². The quantitative estimate of drug-likeness (QED) is 0.642. The van der Waals surface area contributed by atoms with Crippen LogP contribution in [0.15, 0.2) is 34.2 Å². The molecular weight excluding hydrogens is 509 g/mol. The minimum Gasteiger partial charge on any atom is -0.445 e. The Morgan fingerprint density at radius 2 is 1.94 bits per heavy atom. The third kappa shape index (κ3) is 5.12. The molecular formula is C21H21F3N4O5S2. The highest BCUT2D eigenvalue weighted by Gasteiger charge is 2.36. The Bertz CT molecular complexity index is 1340. The van der Waals surface area contributed by atoms with Crippen LogP contribution in [-0.2, 0) is 20.8 Å². The fraction of sp³-hybridized carbons (Fsp3) is 0.381. The number of anilines is 1. The molecule has 0 aliphatic carbocycles. The molecule has 35 heavy (non-hydrogen) atoms. The van der Waals surface area contributed by atoms with Crippen LogP contribution in [0.2, 0.25) is 0 Å². The molecule has 2 aromatic rings. The van der Waals surface area contributed by atoms with Crippen molar-refractivity contribution in [3.8, 4) is 0 Å². The number of hydrogen-bond acceptors (Lipinski definition) is 8. The van der Waals surface area contributed by atoms with Gasteiger partial charge in [-0.25, -0.2) is 18.2 Å². The molecule has 1 N–H and O–H groups in total. The fourth-order valence-electron chi connectivity index (χ4n) is 3.87. The average Bonchev–Trinajstić information content (AvgIpc) is 3.21. The van der Waals surface area contributed by atoms with Crippen molar-refractivity contribution in [1.29, 1.82) is 0 Å². The summed E-state index contributed by atoms with van der Waals surface area (Å²) in [6.07, 6.45) is -4.10. The summed E-state index contributed by atoms with van der Waals surface area (Å²) in [7, 11) is -2.12. The molecule has 4 rings (SSSR count). The fourth-order valence-corrected chi connectivity index (χ4v) is 5.85. The number of allylic oxidation sites excluding steroid dienone is 1. The zero-order chi connectivity index (χ0) is 25.5. The van der Waals surface area contributed by atoms with Crippen molar-refractivity contribution in [1.82, 2.24) is 15.2 Å². The minimum absolute atomic E-state index is 0.0122. The summed E-state index contributed by atoms with van der Waals surface area (Å²) in [5.41, 5.74) is -0.611. The highest BCUT2D eigenvalue weighted by molar-refractivity contribution is 7.97. The molecule has 0 bridgehead atoms. The van der Waals surface area contributed by atoms with Gasteiger partial charge in [0.1, 0.15) is 11.9 Å². The molecule has 188 valence electrons. The summed E-state index contributed by atoms with van der Waals surface area (Å²) in [6.45, 7) is 2.00. The number of halogens is 3. The van der Waals surface area contributed by atoms with E-state index in [0.717, 1.165) is 39.3 Å². The SMILES string of the molecule is CNC(=O)c1csc2c(C(F)(F)F)cc(N3CCC(OC(=O)N4C=CS(=O)(=O)C=C4C)CC3)nc12. The molecule has 2 aliphatic rings. The second-order valence-corrected chi connectivity index (χ2v) is 10.6. The number of nitrogens with zero attached hydrogens (tertiary/aromatic N) is 3. The number of carbonyl (C=O) groups excluding carboxylic acids is 2. The van der Waals surface area contributed by atoms with E-state index in [0.29, 0.717) is 12.8 Å². The van der Waals surface area contributed by atoms with Gasteiger partial charge in [-0.3, -0.25) is 9.69 Å². The zero-order valence-electron chi connectivity index (χ0n) is 18.6. The Kier molecular flexibility index (Phi) is 6.53. The Balaban J connectivity index is 1.51. The van der Waals surface area contributed by atoms with E-state index in [9.17, 15) is 31.2 Å². The smallest absolute Gasteiger partial charge is 0.418 e. The van der Waals surface area contributed by atoms with Crippen LogP contribution in [0, 0.1) is 0 Å². The molecule has 0 unspecified atom stereocenters. The first kappa shape index (κ1) is 25.0. The van der Waals surface area contributed by atoms with Crippen LogP contribution >= 0.6 is 11.3 Å².